The van der Waals surface area contributed by atoms with E-state index < -0.39 is 5.60 Å². The average Bonchev–Trinajstić information content (AvgIpc) is 2.95. The number of hydrogen-bond donors (Lipinski definition) is 2. The molecule has 1 saturated heterocycles. The van der Waals surface area contributed by atoms with Crippen molar-refractivity contribution < 1.29 is 9.90 Å². The third-order valence-electron chi connectivity index (χ3n) is 5.04. The summed E-state index contributed by atoms with van der Waals surface area (Å²) in [6.07, 6.45) is 3.92. The molecule has 1 aromatic carbocycles. The first-order valence-corrected chi connectivity index (χ1v) is 7.91. The van der Waals surface area contributed by atoms with Crippen molar-refractivity contribution in [2.45, 2.75) is 43.7 Å². The Hall–Kier alpha value is -1.39. The predicted octanol–water partition coefficient (Wildman–Crippen LogP) is 1.62. The number of likely N-dealkylation sites (tertiary alicyclic amines) is 1. The lowest BCUT2D eigenvalue weighted by atomic mass is 9.84. The highest BCUT2D eigenvalue weighted by atomic mass is 16.3. The summed E-state index contributed by atoms with van der Waals surface area (Å²) in [6.45, 7) is 1.27. The monoisotopic (exact) mass is 288 g/mol. The van der Waals surface area contributed by atoms with Crippen LogP contribution in [0.3, 0.4) is 0 Å². The molecule has 1 aliphatic heterocycles. The molecule has 3 N–H and O–H groups in total. The summed E-state index contributed by atoms with van der Waals surface area (Å²) in [4.78, 5) is 14.4. The fourth-order valence-corrected chi connectivity index (χ4v) is 3.63. The minimum Gasteiger partial charge on any atom is -0.385 e. The minimum atomic E-state index is -0.788. The summed E-state index contributed by atoms with van der Waals surface area (Å²) in [6, 6.07) is 9.97. The number of hydrogen-bond acceptors (Lipinski definition) is 3. The van der Waals surface area contributed by atoms with Crippen LogP contribution >= 0.6 is 0 Å². The van der Waals surface area contributed by atoms with Crippen LogP contribution in [-0.2, 0) is 10.4 Å². The lowest BCUT2D eigenvalue weighted by Gasteiger charge is -2.39. The van der Waals surface area contributed by atoms with Gasteiger partial charge in [-0.05, 0) is 37.7 Å². The Bertz CT molecular complexity index is 495. The molecular weight excluding hydrogens is 264 g/mol. The number of piperidine rings is 1. The molecule has 1 amide bonds. The molecule has 114 valence electrons. The summed E-state index contributed by atoms with van der Waals surface area (Å²) >= 11 is 0. The van der Waals surface area contributed by atoms with Crippen LogP contribution in [0.5, 0.6) is 0 Å². The van der Waals surface area contributed by atoms with E-state index >= 15 is 0 Å². The van der Waals surface area contributed by atoms with Crippen LogP contribution in [0.15, 0.2) is 30.3 Å². The first kappa shape index (κ1) is 14.5. The second-order valence-electron chi connectivity index (χ2n) is 6.49. The Balaban J connectivity index is 1.61. The summed E-state index contributed by atoms with van der Waals surface area (Å²) in [5, 5.41) is 10.8. The van der Waals surface area contributed by atoms with Gasteiger partial charge in [0.05, 0.1) is 5.60 Å². The van der Waals surface area contributed by atoms with Gasteiger partial charge in [0, 0.05) is 25.0 Å². The Labute approximate surface area is 125 Å². The number of aliphatic hydroxyl groups is 1. The number of amides is 1. The maximum absolute atomic E-state index is 12.5. The molecular formula is C17H24N2O2. The first-order chi connectivity index (χ1) is 10.1. The maximum atomic E-state index is 12.5. The molecule has 1 heterocycles. The topological polar surface area (TPSA) is 66.6 Å². The number of carbonyl (C=O) groups is 1. The van der Waals surface area contributed by atoms with E-state index in [2.05, 4.69) is 0 Å². The summed E-state index contributed by atoms with van der Waals surface area (Å²) in [5.41, 5.74) is 6.07. The van der Waals surface area contributed by atoms with E-state index in [-0.39, 0.29) is 17.9 Å². The molecule has 1 aromatic rings. The fraction of sp³-hybridized carbons (Fsp3) is 0.588. The highest BCUT2D eigenvalue weighted by molar-refractivity contribution is 5.79. The Morgan fingerprint density at radius 3 is 2.43 bits per heavy atom. The van der Waals surface area contributed by atoms with Gasteiger partial charge in [0.15, 0.2) is 0 Å². The largest absolute Gasteiger partial charge is 0.385 e. The summed E-state index contributed by atoms with van der Waals surface area (Å²) in [5.74, 6) is 0.334. The van der Waals surface area contributed by atoms with Crippen molar-refractivity contribution in [1.29, 1.82) is 0 Å². The van der Waals surface area contributed by atoms with Crippen LogP contribution < -0.4 is 5.73 Å². The van der Waals surface area contributed by atoms with Gasteiger partial charge in [-0.25, -0.2) is 0 Å². The van der Waals surface area contributed by atoms with Gasteiger partial charge in [0.25, 0.3) is 0 Å². The summed E-state index contributed by atoms with van der Waals surface area (Å²) in [7, 11) is 0. The molecule has 0 spiro atoms. The van der Waals surface area contributed by atoms with Crippen molar-refractivity contribution in [2.24, 2.45) is 11.7 Å². The minimum absolute atomic E-state index is 0.0999. The quantitative estimate of drug-likeness (QED) is 0.869. The normalized spacial score (nSPS) is 28.6. The zero-order chi connectivity index (χ0) is 14.9. The zero-order valence-corrected chi connectivity index (χ0v) is 12.4. The van der Waals surface area contributed by atoms with Crippen LogP contribution in [0.25, 0.3) is 0 Å². The zero-order valence-electron chi connectivity index (χ0n) is 12.4. The van der Waals surface area contributed by atoms with Crippen LogP contribution in [0.2, 0.25) is 0 Å². The van der Waals surface area contributed by atoms with Gasteiger partial charge in [-0.3, -0.25) is 4.79 Å². The van der Waals surface area contributed by atoms with Gasteiger partial charge in [-0.2, -0.15) is 0 Å². The molecule has 0 bridgehead atoms. The van der Waals surface area contributed by atoms with Gasteiger partial charge in [0.1, 0.15) is 0 Å². The highest BCUT2D eigenvalue weighted by Crippen LogP contribution is 2.34. The molecule has 1 aliphatic carbocycles. The number of carbonyl (C=O) groups excluding carboxylic acids is 1. The number of benzene rings is 1. The number of nitrogens with zero attached hydrogens (tertiary/aromatic N) is 1. The molecule has 21 heavy (non-hydrogen) atoms. The third kappa shape index (κ3) is 2.97. The van der Waals surface area contributed by atoms with Gasteiger partial charge in [-0.1, -0.05) is 30.3 Å². The van der Waals surface area contributed by atoms with Gasteiger partial charge in [-0.15, -0.1) is 0 Å². The Morgan fingerprint density at radius 2 is 1.86 bits per heavy atom. The summed E-state index contributed by atoms with van der Waals surface area (Å²) < 4.78 is 0. The van der Waals surface area contributed by atoms with Crippen LogP contribution in [0.1, 0.15) is 37.7 Å². The smallest absolute Gasteiger partial charge is 0.225 e. The van der Waals surface area contributed by atoms with Gasteiger partial charge < -0.3 is 15.7 Å². The molecule has 1 saturated carbocycles. The fourth-order valence-electron chi connectivity index (χ4n) is 3.63. The second kappa shape index (κ2) is 5.78. The van der Waals surface area contributed by atoms with E-state index in [9.17, 15) is 9.90 Å². The lowest BCUT2D eigenvalue weighted by Crippen LogP contribution is -2.47. The Kier molecular flexibility index (Phi) is 4.00. The average molecular weight is 288 g/mol. The first-order valence-electron chi connectivity index (χ1n) is 7.91. The standard InChI is InChI=1S/C17H24N2O2/c18-15-7-6-13(12-15)16(20)19-10-8-17(21,9-11-19)14-4-2-1-3-5-14/h1-5,13,15,21H,6-12,18H2/t13?,15-/m1/s1. The molecule has 2 fully saturated rings. The molecule has 2 aliphatic rings. The van der Waals surface area contributed by atoms with Gasteiger partial charge in [0.2, 0.25) is 5.91 Å². The van der Waals surface area contributed by atoms with Crippen molar-refractivity contribution in [2.75, 3.05) is 13.1 Å². The van der Waals surface area contributed by atoms with Crippen molar-refractivity contribution in [3.05, 3.63) is 35.9 Å². The van der Waals surface area contributed by atoms with Crippen molar-refractivity contribution >= 4 is 5.91 Å². The van der Waals surface area contributed by atoms with Crippen molar-refractivity contribution in [3.63, 3.8) is 0 Å². The van der Waals surface area contributed by atoms with Crippen LogP contribution in [-0.4, -0.2) is 35.0 Å². The predicted molar refractivity (Wildman–Crippen MR) is 81.5 cm³/mol. The molecule has 0 aromatic heterocycles. The molecule has 0 radical (unpaired) electrons. The lowest BCUT2D eigenvalue weighted by molar-refractivity contribution is -0.140. The van der Waals surface area contributed by atoms with E-state index in [0.29, 0.717) is 25.9 Å². The molecule has 3 rings (SSSR count). The van der Waals surface area contributed by atoms with E-state index in [4.69, 9.17) is 5.73 Å². The molecule has 2 atom stereocenters. The van der Waals surface area contributed by atoms with Crippen molar-refractivity contribution in [3.8, 4) is 0 Å². The van der Waals surface area contributed by atoms with Crippen LogP contribution in [0, 0.1) is 5.92 Å². The van der Waals surface area contributed by atoms with E-state index in [0.717, 1.165) is 24.8 Å². The van der Waals surface area contributed by atoms with Crippen molar-refractivity contribution in [1.82, 2.24) is 4.90 Å². The molecule has 4 nitrogen and oxygen atoms in total. The SMILES string of the molecule is N[C@@H]1CCC(C(=O)N2CCC(O)(c3ccccc3)CC2)C1. The highest BCUT2D eigenvalue weighted by Gasteiger charge is 2.38. The second-order valence-corrected chi connectivity index (χ2v) is 6.49. The molecule has 4 heteroatoms. The third-order valence-corrected chi connectivity index (χ3v) is 5.04. The maximum Gasteiger partial charge on any atom is 0.225 e. The Morgan fingerprint density at radius 1 is 1.19 bits per heavy atom. The van der Waals surface area contributed by atoms with Crippen LogP contribution in [0.4, 0.5) is 0 Å². The van der Waals surface area contributed by atoms with E-state index in [1.54, 1.807) is 0 Å². The number of nitrogens with two attached hydrogens (primary N) is 1. The van der Waals surface area contributed by atoms with E-state index in [1.165, 1.54) is 0 Å². The molecule has 1 unspecified atom stereocenters. The van der Waals surface area contributed by atoms with E-state index in [1.807, 2.05) is 35.2 Å². The number of rotatable bonds is 2. The van der Waals surface area contributed by atoms with Gasteiger partial charge >= 0.3 is 0 Å².